The highest BCUT2D eigenvalue weighted by atomic mass is 35.5. The molecule has 0 bridgehead atoms. The number of aromatic nitrogens is 2. The zero-order chi connectivity index (χ0) is 19.4. The van der Waals surface area contributed by atoms with E-state index >= 15 is 0 Å². The van der Waals surface area contributed by atoms with Gasteiger partial charge < -0.3 is 10.1 Å². The number of nitrogens with one attached hydrogen (secondary N) is 1. The Morgan fingerprint density at radius 1 is 1.26 bits per heavy atom. The van der Waals surface area contributed by atoms with E-state index < -0.39 is 18.0 Å². The number of carbonyl (C=O) groups excluding carboxylic acids is 2. The molecule has 0 unspecified atom stereocenters. The summed E-state index contributed by atoms with van der Waals surface area (Å²) < 4.78 is 6.43. The number of benzene rings is 1. The minimum atomic E-state index is -0.927. The first-order valence-electron chi connectivity index (χ1n) is 8.77. The van der Waals surface area contributed by atoms with Crippen molar-refractivity contribution in [2.75, 3.05) is 6.61 Å². The van der Waals surface area contributed by atoms with Crippen molar-refractivity contribution in [3.63, 3.8) is 0 Å². The summed E-state index contributed by atoms with van der Waals surface area (Å²) in [5.41, 5.74) is 0.269. The van der Waals surface area contributed by atoms with Gasteiger partial charge in [-0.2, -0.15) is 5.10 Å². The summed E-state index contributed by atoms with van der Waals surface area (Å²) in [6.45, 7) is 1.26. The topological polar surface area (TPSA) is 90.3 Å². The van der Waals surface area contributed by atoms with Gasteiger partial charge >= 0.3 is 5.97 Å². The Hall–Kier alpha value is -2.67. The fourth-order valence-electron chi connectivity index (χ4n) is 3.07. The number of ether oxygens (including phenoxy) is 1. The minimum Gasteiger partial charge on any atom is -0.451 e. The van der Waals surface area contributed by atoms with Crippen molar-refractivity contribution in [3.8, 4) is 5.69 Å². The van der Waals surface area contributed by atoms with Crippen LogP contribution >= 0.6 is 11.6 Å². The molecule has 1 saturated carbocycles. The number of aryl methyl sites for hydroxylation is 1. The molecule has 0 spiro atoms. The lowest BCUT2D eigenvalue weighted by Gasteiger charge is -2.13. The average Bonchev–Trinajstić information content (AvgIpc) is 3.14. The van der Waals surface area contributed by atoms with Crippen LogP contribution in [0.1, 0.15) is 41.9 Å². The number of esters is 1. The van der Waals surface area contributed by atoms with E-state index in [1.807, 2.05) is 0 Å². The number of rotatable bonds is 5. The van der Waals surface area contributed by atoms with Gasteiger partial charge in [-0.15, -0.1) is 0 Å². The van der Waals surface area contributed by atoms with E-state index in [1.54, 1.807) is 31.2 Å². The Kier molecular flexibility index (Phi) is 5.91. The second-order valence-corrected chi connectivity index (χ2v) is 6.95. The van der Waals surface area contributed by atoms with Gasteiger partial charge in [-0.25, -0.2) is 9.48 Å². The molecule has 0 radical (unpaired) electrons. The van der Waals surface area contributed by atoms with Crippen LogP contribution in [0.15, 0.2) is 35.1 Å². The molecule has 1 fully saturated rings. The first-order valence-corrected chi connectivity index (χ1v) is 9.15. The molecule has 3 rings (SSSR count). The van der Waals surface area contributed by atoms with E-state index in [0.717, 1.165) is 25.7 Å². The van der Waals surface area contributed by atoms with Crippen molar-refractivity contribution in [1.29, 1.82) is 0 Å². The summed E-state index contributed by atoms with van der Waals surface area (Å²) in [6.07, 6.45) is 4.04. The largest absolute Gasteiger partial charge is 0.451 e. The van der Waals surface area contributed by atoms with Crippen LogP contribution in [-0.4, -0.2) is 34.3 Å². The smallest absolute Gasteiger partial charge is 0.363 e. The zero-order valence-electron chi connectivity index (χ0n) is 14.9. The second-order valence-electron chi connectivity index (χ2n) is 6.51. The van der Waals surface area contributed by atoms with Gasteiger partial charge in [0.1, 0.15) is 0 Å². The van der Waals surface area contributed by atoms with Crippen LogP contribution in [0.2, 0.25) is 5.02 Å². The maximum absolute atomic E-state index is 12.3. The fourth-order valence-corrected chi connectivity index (χ4v) is 3.20. The molecule has 1 aliphatic rings. The van der Waals surface area contributed by atoms with E-state index in [-0.39, 0.29) is 17.6 Å². The minimum absolute atomic E-state index is 0.135. The van der Waals surface area contributed by atoms with Crippen LogP contribution < -0.4 is 10.7 Å². The van der Waals surface area contributed by atoms with Crippen molar-refractivity contribution >= 4 is 23.5 Å². The SMILES string of the molecule is Cc1cc(=O)c(C(=O)OCC(=O)NC2CCCC2)nn1-c1ccc(Cl)cc1. The van der Waals surface area contributed by atoms with Crippen LogP contribution in [0, 0.1) is 6.92 Å². The van der Waals surface area contributed by atoms with E-state index in [1.165, 1.54) is 10.7 Å². The van der Waals surface area contributed by atoms with Gasteiger partial charge in [-0.05, 0) is 44.0 Å². The van der Waals surface area contributed by atoms with E-state index in [0.29, 0.717) is 16.4 Å². The number of hydrogen-bond acceptors (Lipinski definition) is 5. The maximum Gasteiger partial charge on any atom is 0.363 e. The second kappa shape index (κ2) is 8.35. The molecule has 2 aromatic rings. The number of amides is 1. The highest BCUT2D eigenvalue weighted by Gasteiger charge is 2.20. The van der Waals surface area contributed by atoms with E-state index in [4.69, 9.17) is 16.3 Å². The van der Waals surface area contributed by atoms with Gasteiger partial charge in [-0.3, -0.25) is 9.59 Å². The summed E-state index contributed by atoms with van der Waals surface area (Å²) in [7, 11) is 0. The average molecular weight is 390 g/mol. The molecule has 27 heavy (non-hydrogen) atoms. The van der Waals surface area contributed by atoms with Crippen LogP contribution in [0.3, 0.4) is 0 Å². The summed E-state index contributed by atoms with van der Waals surface area (Å²) in [5.74, 6) is -1.30. The van der Waals surface area contributed by atoms with Crippen LogP contribution in [0.4, 0.5) is 0 Å². The third-order valence-electron chi connectivity index (χ3n) is 4.43. The number of carbonyl (C=O) groups is 2. The van der Waals surface area contributed by atoms with Crippen molar-refractivity contribution < 1.29 is 14.3 Å². The molecule has 1 aromatic carbocycles. The van der Waals surface area contributed by atoms with Gasteiger partial charge in [-0.1, -0.05) is 24.4 Å². The maximum atomic E-state index is 12.3. The predicted octanol–water partition coefficient (Wildman–Crippen LogP) is 2.41. The van der Waals surface area contributed by atoms with Crippen LogP contribution in [0.5, 0.6) is 0 Å². The van der Waals surface area contributed by atoms with Crippen LogP contribution in [0.25, 0.3) is 5.69 Å². The Bertz CT molecular complexity index is 902. The molecular formula is C19H20ClN3O4. The molecular weight excluding hydrogens is 370 g/mol. The normalized spacial score (nSPS) is 14.1. The molecule has 1 heterocycles. The monoisotopic (exact) mass is 389 g/mol. The Labute approximate surface area is 161 Å². The molecule has 1 aromatic heterocycles. The van der Waals surface area contributed by atoms with Crippen molar-refractivity contribution in [2.45, 2.75) is 38.6 Å². The van der Waals surface area contributed by atoms with Crippen molar-refractivity contribution in [1.82, 2.24) is 15.1 Å². The van der Waals surface area contributed by atoms with Gasteiger partial charge in [0, 0.05) is 22.8 Å². The van der Waals surface area contributed by atoms with E-state index in [2.05, 4.69) is 10.4 Å². The molecule has 8 heteroatoms. The van der Waals surface area contributed by atoms with E-state index in [9.17, 15) is 14.4 Å². The van der Waals surface area contributed by atoms with Gasteiger partial charge in [0.25, 0.3) is 5.91 Å². The molecule has 1 N–H and O–H groups in total. The summed E-state index contributed by atoms with van der Waals surface area (Å²) in [5, 5.41) is 7.49. The Morgan fingerprint density at radius 3 is 2.59 bits per heavy atom. The van der Waals surface area contributed by atoms with Gasteiger partial charge in [0.15, 0.2) is 6.61 Å². The summed E-state index contributed by atoms with van der Waals surface area (Å²) in [4.78, 5) is 36.3. The quantitative estimate of drug-likeness (QED) is 0.793. The summed E-state index contributed by atoms with van der Waals surface area (Å²) >= 11 is 5.89. The Balaban J connectivity index is 1.72. The number of hydrogen-bond donors (Lipinski definition) is 1. The molecule has 7 nitrogen and oxygen atoms in total. The number of halogens is 1. The third-order valence-corrected chi connectivity index (χ3v) is 4.68. The fraction of sp³-hybridized carbons (Fsp3) is 0.368. The first kappa shape index (κ1) is 19.1. The number of nitrogens with zero attached hydrogens (tertiary/aromatic N) is 2. The highest BCUT2D eigenvalue weighted by molar-refractivity contribution is 6.30. The zero-order valence-corrected chi connectivity index (χ0v) is 15.7. The molecule has 1 aliphatic carbocycles. The lowest BCUT2D eigenvalue weighted by Crippen LogP contribution is -2.36. The van der Waals surface area contributed by atoms with Crippen molar-refractivity contribution in [3.05, 3.63) is 57.0 Å². The molecule has 142 valence electrons. The van der Waals surface area contributed by atoms with Gasteiger partial charge in [0.2, 0.25) is 11.1 Å². The predicted molar refractivity (Wildman–Crippen MR) is 100 cm³/mol. The molecule has 1 amide bonds. The summed E-state index contributed by atoms with van der Waals surface area (Å²) in [6, 6.07) is 8.24. The third kappa shape index (κ3) is 4.74. The van der Waals surface area contributed by atoms with Crippen LogP contribution in [-0.2, 0) is 9.53 Å². The highest BCUT2D eigenvalue weighted by Crippen LogP contribution is 2.17. The van der Waals surface area contributed by atoms with Crippen molar-refractivity contribution in [2.24, 2.45) is 0 Å². The molecule has 0 saturated heterocycles. The first-order chi connectivity index (χ1) is 12.9. The lowest BCUT2D eigenvalue weighted by atomic mass is 10.2. The molecule has 0 aliphatic heterocycles. The standard InChI is InChI=1S/C19H20ClN3O4/c1-12-10-16(24)18(22-23(12)15-8-6-13(20)7-9-15)19(26)27-11-17(25)21-14-4-2-3-5-14/h6-10,14H,2-5,11H2,1H3,(H,21,25). The molecule has 0 atom stereocenters. The lowest BCUT2D eigenvalue weighted by molar-refractivity contribution is -0.124. The Morgan fingerprint density at radius 2 is 1.93 bits per heavy atom. The van der Waals surface area contributed by atoms with Gasteiger partial charge in [0.05, 0.1) is 5.69 Å².